The molecule has 0 heterocycles. The Morgan fingerprint density at radius 3 is 1.96 bits per heavy atom. The highest BCUT2D eigenvalue weighted by molar-refractivity contribution is 5.64. The molecule has 1 nitrogen and oxygen atoms in total. The summed E-state index contributed by atoms with van der Waals surface area (Å²) in [6, 6.07) is 16.7. The Bertz CT molecular complexity index is 618. The lowest BCUT2D eigenvalue weighted by Crippen LogP contribution is -2.29. The second-order valence-corrected chi connectivity index (χ2v) is 7.42. The summed E-state index contributed by atoms with van der Waals surface area (Å²) in [5.74, 6) is 0.326. The third kappa shape index (κ3) is 3.83. The summed E-state index contributed by atoms with van der Waals surface area (Å²) in [7, 11) is 0. The lowest BCUT2D eigenvalue weighted by molar-refractivity contribution is 0.266. The number of aromatic hydroxyl groups is 1. The highest BCUT2D eigenvalue weighted by atomic mass is 16.3. The molecule has 3 rings (SSSR count). The molecule has 1 fully saturated rings. The maximum Gasteiger partial charge on any atom is 0.115 e. The smallest absolute Gasteiger partial charge is 0.115 e. The van der Waals surface area contributed by atoms with E-state index in [0.717, 1.165) is 0 Å². The molecular formula is C23H30O. The molecule has 0 aromatic heterocycles. The largest absolute Gasteiger partial charge is 0.508 e. The third-order valence-corrected chi connectivity index (χ3v) is 5.77. The van der Waals surface area contributed by atoms with E-state index in [1.807, 2.05) is 12.1 Å². The van der Waals surface area contributed by atoms with Crippen molar-refractivity contribution in [1.29, 1.82) is 0 Å². The van der Waals surface area contributed by atoms with Crippen molar-refractivity contribution in [2.24, 2.45) is 0 Å². The standard InChI is InChI=1S/C23H30O/c1-2-3-5-16-23(17-6-4-7-18-23)21-12-8-19(9-13-21)20-10-14-22(24)15-11-20/h8-15,24H,2-7,16-18H2,1H3. The topological polar surface area (TPSA) is 20.2 Å². The lowest BCUT2D eigenvalue weighted by atomic mass is 9.66. The van der Waals surface area contributed by atoms with Gasteiger partial charge < -0.3 is 5.11 Å². The van der Waals surface area contributed by atoms with Gasteiger partial charge in [-0.25, -0.2) is 0 Å². The van der Waals surface area contributed by atoms with E-state index in [1.54, 1.807) is 17.7 Å². The maximum atomic E-state index is 9.45. The predicted octanol–water partition coefficient (Wildman–Crippen LogP) is 6.84. The summed E-state index contributed by atoms with van der Waals surface area (Å²) in [6.07, 6.45) is 12.2. The number of unbranched alkanes of at least 4 members (excludes halogenated alkanes) is 2. The number of phenols is 1. The first-order valence-corrected chi connectivity index (χ1v) is 9.63. The van der Waals surface area contributed by atoms with Crippen molar-refractivity contribution in [3.05, 3.63) is 54.1 Å². The maximum absolute atomic E-state index is 9.45. The van der Waals surface area contributed by atoms with Gasteiger partial charge in [-0.05, 0) is 53.5 Å². The van der Waals surface area contributed by atoms with Crippen LogP contribution >= 0.6 is 0 Å². The van der Waals surface area contributed by atoms with Crippen molar-refractivity contribution >= 4 is 0 Å². The number of rotatable bonds is 6. The minimum Gasteiger partial charge on any atom is -0.508 e. The Labute approximate surface area is 146 Å². The van der Waals surface area contributed by atoms with E-state index in [-0.39, 0.29) is 0 Å². The van der Waals surface area contributed by atoms with E-state index in [0.29, 0.717) is 11.2 Å². The minimum absolute atomic E-state index is 0.326. The minimum atomic E-state index is 0.326. The fourth-order valence-electron chi connectivity index (χ4n) is 4.30. The summed E-state index contributed by atoms with van der Waals surface area (Å²) < 4.78 is 0. The SMILES string of the molecule is CCCCCC1(c2ccc(-c3ccc(O)cc3)cc2)CCCCC1. The molecule has 0 spiro atoms. The molecule has 1 N–H and O–H groups in total. The first-order chi connectivity index (χ1) is 11.7. The molecular weight excluding hydrogens is 292 g/mol. The van der Waals surface area contributed by atoms with Gasteiger partial charge in [0.1, 0.15) is 5.75 Å². The molecule has 1 heteroatoms. The fraction of sp³-hybridized carbons (Fsp3) is 0.478. The monoisotopic (exact) mass is 322 g/mol. The van der Waals surface area contributed by atoms with E-state index in [1.165, 1.54) is 68.9 Å². The Morgan fingerprint density at radius 1 is 0.792 bits per heavy atom. The molecule has 0 amide bonds. The number of hydrogen-bond acceptors (Lipinski definition) is 1. The van der Waals surface area contributed by atoms with Gasteiger partial charge >= 0.3 is 0 Å². The molecule has 0 aliphatic heterocycles. The second-order valence-electron chi connectivity index (χ2n) is 7.42. The quantitative estimate of drug-likeness (QED) is 0.577. The van der Waals surface area contributed by atoms with Crippen molar-refractivity contribution in [1.82, 2.24) is 0 Å². The summed E-state index contributed by atoms with van der Waals surface area (Å²) in [5, 5.41) is 9.45. The predicted molar refractivity (Wildman–Crippen MR) is 102 cm³/mol. The van der Waals surface area contributed by atoms with Crippen molar-refractivity contribution in [2.45, 2.75) is 70.1 Å². The summed E-state index contributed by atoms with van der Waals surface area (Å²) in [4.78, 5) is 0. The number of benzene rings is 2. The van der Waals surface area contributed by atoms with Gasteiger partial charge in [0.15, 0.2) is 0 Å². The molecule has 0 bridgehead atoms. The molecule has 1 aliphatic rings. The summed E-state index contributed by atoms with van der Waals surface area (Å²) >= 11 is 0. The Balaban J connectivity index is 1.81. The van der Waals surface area contributed by atoms with E-state index >= 15 is 0 Å². The average molecular weight is 322 g/mol. The molecule has 24 heavy (non-hydrogen) atoms. The third-order valence-electron chi connectivity index (χ3n) is 5.77. The number of phenolic OH excluding ortho intramolecular Hbond substituents is 1. The van der Waals surface area contributed by atoms with Gasteiger partial charge in [-0.2, -0.15) is 0 Å². The van der Waals surface area contributed by atoms with Crippen LogP contribution < -0.4 is 0 Å². The van der Waals surface area contributed by atoms with Crippen LogP contribution in [0.5, 0.6) is 5.75 Å². The van der Waals surface area contributed by atoms with Crippen LogP contribution in [0.1, 0.15) is 70.3 Å². The highest BCUT2D eigenvalue weighted by Crippen LogP contribution is 2.43. The first-order valence-electron chi connectivity index (χ1n) is 9.63. The molecule has 0 unspecified atom stereocenters. The van der Waals surface area contributed by atoms with Gasteiger partial charge in [0.05, 0.1) is 0 Å². The second kappa shape index (κ2) is 7.88. The Kier molecular flexibility index (Phi) is 5.60. The van der Waals surface area contributed by atoms with Crippen LogP contribution in [0.15, 0.2) is 48.5 Å². The van der Waals surface area contributed by atoms with Crippen LogP contribution in [0.4, 0.5) is 0 Å². The van der Waals surface area contributed by atoms with E-state index in [9.17, 15) is 5.11 Å². The molecule has 2 aromatic rings. The van der Waals surface area contributed by atoms with Crippen molar-refractivity contribution in [3.63, 3.8) is 0 Å². The summed E-state index contributed by atoms with van der Waals surface area (Å²) in [5.41, 5.74) is 4.36. The van der Waals surface area contributed by atoms with Crippen LogP contribution in [-0.4, -0.2) is 5.11 Å². The van der Waals surface area contributed by atoms with Gasteiger partial charge in [0, 0.05) is 0 Å². The molecule has 1 aliphatic carbocycles. The van der Waals surface area contributed by atoms with E-state index in [4.69, 9.17) is 0 Å². The molecule has 1 saturated carbocycles. The normalized spacial score (nSPS) is 16.9. The zero-order chi connectivity index (χ0) is 16.8. The van der Waals surface area contributed by atoms with Crippen LogP contribution in [0.3, 0.4) is 0 Å². The van der Waals surface area contributed by atoms with Gasteiger partial charge in [0.25, 0.3) is 0 Å². The van der Waals surface area contributed by atoms with Crippen LogP contribution in [0, 0.1) is 0 Å². The van der Waals surface area contributed by atoms with E-state index < -0.39 is 0 Å². The average Bonchev–Trinajstić information content (AvgIpc) is 2.64. The van der Waals surface area contributed by atoms with E-state index in [2.05, 4.69) is 31.2 Å². The molecule has 0 radical (unpaired) electrons. The molecule has 0 saturated heterocycles. The molecule has 2 aromatic carbocycles. The fourth-order valence-corrected chi connectivity index (χ4v) is 4.30. The van der Waals surface area contributed by atoms with Crippen LogP contribution in [0.2, 0.25) is 0 Å². The van der Waals surface area contributed by atoms with Gasteiger partial charge in [0.2, 0.25) is 0 Å². The number of hydrogen-bond donors (Lipinski definition) is 1. The van der Waals surface area contributed by atoms with Crippen LogP contribution in [-0.2, 0) is 5.41 Å². The van der Waals surface area contributed by atoms with Gasteiger partial charge in [-0.1, -0.05) is 81.8 Å². The Hall–Kier alpha value is -1.76. The van der Waals surface area contributed by atoms with Crippen molar-refractivity contribution < 1.29 is 5.11 Å². The van der Waals surface area contributed by atoms with Gasteiger partial charge in [-0.3, -0.25) is 0 Å². The van der Waals surface area contributed by atoms with Crippen LogP contribution in [0.25, 0.3) is 11.1 Å². The van der Waals surface area contributed by atoms with Gasteiger partial charge in [-0.15, -0.1) is 0 Å². The lowest BCUT2D eigenvalue weighted by Gasteiger charge is -2.38. The molecule has 0 atom stereocenters. The summed E-state index contributed by atoms with van der Waals surface area (Å²) in [6.45, 7) is 2.29. The molecule has 128 valence electrons. The highest BCUT2D eigenvalue weighted by Gasteiger charge is 2.33. The van der Waals surface area contributed by atoms with Crippen molar-refractivity contribution in [3.8, 4) is 16.9 Å². The Morgan fingerprint density at radius 2 is 1.38 bits per heavy atom. The van der Waals surface area contributed by atoms with Crippen molar-refractivity contribution in [2.75, 3.05) is 0 Å². The first kappa shape index (κ1) is 17.1. The zero-order valence-corrected chi connectivity index (χ0v) is 14.9. The zero-order valence-electron chi connectivity index (χ0n) is 14.9.